The molecule has 0 saturated carbocycles. The third-order valence-corrected chi connectivity index (χ3v) is 3.86. The highest BCUT2D eigenvalue weighted by Gasteiger charge is 1.98. The SMILES string of the molecule is Cc1cc(OCCNCc2cccs2)ccc1Cl. The van der Waals surface area contributed by atoms with Crippen LogP contribution in [0.25, 0.3) is 0 Å². The van der Waals surface area contributed by atoms with Crippen LogP contribution in [0.4, 0.5) is 0 Å². The van der Waals surface area contributed by atoms with Gasteiger partial charge in [0.05, 0.1) is 0 Å². The van der Waals surface area contributed by atoms with Crippen molar-refractivity contribution < 1.29 is 4.74 Å². The van der Waals surface area contributed by atoms with Gasteiger partial charge < -0.3 is 10.1 Å². The van der Waals surface area contributed by atoms with E-state index in [1.165, 1.54) is 4.88 Å². The number of halogens is 1. The molecule has 1 aromatic carbocycles. The Kier molecular flexibility index (Phi) is 5.05. The molecule has 0 aliphatic rings. The molecular formula is C14H16ClNOS. The van der Waals surface area contributed by atoms with Gasteiger partial charge in [-0.1, -0.05) is 17.7 Å². The van der Waals surface area contributed by atoms with E-state index in [4.69, 9.17) is 16.3 Å². The van der Waals surface area contributed by atoms with Crippen molar-refractivity contribution in [1.29, 1.82) is 0 Å². The number of rotatable bonds is 6. The molecule has 18 heavy (non-hydrogen) atoms. The summed E-state index contributed by atoms with van der Waals surface area (Å²) in [5.74, 6) is 0.870. The molecule has 0 amide bonds. The molecule has 0 aliphatic heterocycles. The first kappa shape index (κ1) is 13.4. The molecule has 0 saturated heterocycles. The molecule has 0 radical (unpaired) electrons. The standard InChI is InChI=1S/C14H16ClNOS/c1-11-9-12(4-5-14(11)15)17-7-6-16-10-13-3-2-8-18-13/h2-5,8-9,16H,6-7,10H2,1H3. The second-order valence-electron chi connectivity index (χ2n) is 4.02. The molecule has 0 spiro atoms. The summed E-state index contributed by atoms with van der Waals surface area (Å²) in [7, 11) is 0. The maximum atomic E-state index is 5.95. The molecule has 2 nitrogen and oxygen atoms in total. The first-order valence-corrected chi connectivity index (χ1v) is 7.13. The summed E-state index contributed by atoms with van der Waals surface area (Å²) in [4.78, 5) is 1.34. The second-order valence-corrected chi connectivity index (χ2v) is 5.46. The minimum absolute atomic E-state index is 0.659. The van der Waals surface area contributed by atoms with Crippen LogP contribution in [0, 0.1) is 6.92 Å². The number of benzene rings is 1. The molecule has 1 N–H and O–H groups in total. The summed E-state index contributed by atoms with van der Waals surface area (Å²) in [6.45, 7) is 4.37. The third kappa shape index (κ3) is 4.02. The van der Waals surface area contributed by atoms with Crippen LogP contribution in [0.1, 0.15) is 10.4 Å². The minimum Gasteiger partial charge on any atom is -0.492 e. The van der Waals surface area contributed by atoms with E-state index in [9.17, 15) is 0 Å². The van der Waals surface area contributed by atoms with Gasteiger partial charge >= 0.3 is 0 Å². The molecule has 2 rings (SSSR count). The van der Waals surface area contributed by atoms with E-state index in [0.29, 0.717) is 6.61 Å². The van der Waals surface area contributed by atoms with Gasteiger partial charge in [0.2, 0.25) is 0 Å². The van der Waals surface area contributed by atoms with E-state index in [0.717, 1.165) is 29.4 Å². The zero-order chi connectivity index (χ0) is 12.8. The first-order valence-electron chi connectivity index (χ1n) is 5.88. The largest absolute Gasteiger partial charge is 0.492 e. The number of nitrogens with one attached hydrogen (secondary N) is 1. The number of aryl methyl sites for hydroxylation is 1. The normalized spacial score (nSPS) is 10.6. The number of hydrogen-bond acceptors (Lipinski definition) is 3. The van der Waals surface area contributed by atoms with Crippen LogP contribution in [0.15, 0.2) is 35.7 Å². The molecule has 2 aromatic rings. The molecular weight excluding hydrogens is 266 g/mol. The van der Waals surface area contributed by atoms with Gasteiger partial charge in [-0.15, -0.1) is 11.3 Å². The summed E-state index contributed by atoms with van der Waals surface area (Å²) < 4.78 is 5.64. The maximum Gasteiger partial charge on any atom is 0.119 e. The Morgan fingerprint density at radius 3 is 2.94 bits per heavy atom. The monoisotopic (exact) mass is 281 g/mol. The summed E-state index contributed by atoms with van der Waals surface area (Å²) >= 11 is 7.72. The van der Waals surface area contributed by atoms with Crippen molar-refractivity contribution in [3.63, 3.8) is 0 Å². The van der Waals surface area contributed by atoms with Gasteiger partial charge in [0.15, 0.2) is 0 Å². The van der Waals surface area contributed by atoms with Gasteiger partial charge in [-0.2, -0.15) is 0 Å². The van der Waals surface area contributed by atoms with Crippen LogP contribution in [0.3, 0.4) is 0 Å². The van der Waals surface area contributed by atoms with Crippen molar-refractivity contribution in [3.8, 4) is 5.75 Å². The van der Waals surface area contributed by atoms with Gasteiger partial charge in [0.25, 0.3) is 0 Å². The molecule has 96 valence electrons. The van der Waals surface area contributed by atoms with Crippen molar-refractivity contribution in [2.75, 3.05) is 13.2 Å². The molecule has 0 bridgehead atoms. The molecule has 0 aliphatic carbocycles. The Morgan fingerprint density at radius 2 is 2.22 bits per heavy atom. The van der Waals surface area contributed by atoms with E-state index in [1.54, 1.807) is 11.3 Å². The molecule has 0 fully saturated rings. The van der Waals surface area contributed by atoms with E-state index in [2.05, 4.69) is 22.8 Å². The molecule has 1 aromatic heterocycles. The van der Waals surface area contributed by atoms with E-state index >= 15 is 0 Å². The number of hydrogen-bond donors (Lipinski definition) is 1. The van der Waals surface area contributed by atoms with Crippen LogP contribution in [-0.4, -0.2) is 13.2 Å². The van der Waals surface area contributed by atoms with Gasteiger partial charge in [-0.3, -0.25) is 0 Å². The average molecular weight is 282 g/mol. The Morgan fingerprint density at radius 1 is 1.33 bits per heavy atom. The lowest BCUT2D eigenvalue weighted by Crippen LogP contribution is -2.20. The lowest BCUT2D eigenvalue weighted by Gasteiger charge is -2.08. The quantitative estimate of drug-likeness (QED) is 0.812. The van der Waals surface area contributed by atoms with Crippen LogP contribution in [0.5, 0.6) is 5.75 Å². The lowest BCUT2D eigenvalue weighted by molar-refractivity contribution is 0.313. The summed E-state index contributed by atoms with van der Waals surface area (Å²) in [5, 5.41) is 6.21. The summed E-state index contributed by atoms with van der Waals surface area (Å²) in [6, 6.07) is 9.91. The third-order valence-electron chi connectivity index (χ3n) is 2.56. The highest BCUT2D eigenvalue weighted by Crippen LogP contribution is 2.20. The lowest BCUT2D eigenvalue weighted by atomic mass is 10.2. The Bertz CT molecular complexity index is 485. The van der Waals surface area contributed by atoms with Gasteiger partial charge in [0, 0.05) is 23.0 Å². The van der Waals surface area contributed by atoms with Gasteiger partial charge in [0.1, 0.15) is 12.4 Å². The van der Waals surface area contributed by atoms with Crippen LogP contribution in [0.2, 0.25) is 5.02 Å². The molecule has 0 unspecified atom stereocenters. The fourth-order valence-corrected chi connectivity index (χ4v) is 2.36. The van der Waals surface area contributed by atoms with Gasteiger partial charge in [-0.25, -0.2) is 0 Å². The fourth-order valence-electron chi connectivity index (χ4n) is 1.57. The topological polar surface area (TPSA) is 21.3 Å². The number of ether oxygens (including phenoxy) is 1. The molecule has 0 atom stereocenters. The van der Waals surface area contributed by atoms with Crippen LogP contribution in [-0.2, 0) is 6.54 Å². The molecule has 4 heteroatoms. The van der Waals surface area contributed by atoms with Crippen LogP contribution >= 0.6 is 22.9 Å². The minimum atomic E-state index is 0.659. The first-order chi connectivity index (χ1) is 8.75. The van der Waals surface area contributed by atoms with E-state index in [-0.39, 0.29) is 0 Å². The Labute approximate surface area is 117 Å². The highest BCUT2D eigenvalue weighted by atomic mass is 35.5. The smallest absolute Gasteiger partial charge is 0.119 e. The predicted molar refractivity (Wildman–Crippen MR) is 77.7 cm³/mol. The Balaban J connectivity index is 1.67. The van der Waals surface area contributed by atoms with Crippen molar-refractivity contribution in [3.05, 3.63) is 51.2 Å². The van der Waals surface area contributed by atoms with Crippen molar-refractivity contribution >= 4 is 22.9 Å². The van der Waals surface area contributed by atoms with Crippen molar-refractivity contribution in [1.82, 2.24) is 5.32 Å². The number of thiophene rings is 1. The van der Waals surface area contributed by atoms with Crippen molar-refractivity contribution in [2.45, 2.75) is 13.5 Å². The van der Waals surface area contributed by atoms with E-state index in [1.807, 2.05) is 25.1 Å². The van der Waals surface area contributed by atoms with E-state index < -0.39 is 0 Å². The summed E-state index contributed by atoms with van der Waals surface area (Å²) in [6.07, 6.45) is 0. The zero-order valence-corrected chi connectivity index (χ0v) is 11.9. The van der Waals surface area contributed by atoms with Gasteiger partial charge in [-0.05, 0) is 42.1 Å². The second kappa shape index (κ2) is 6.78. The maximum absolute atomic E-state index is 5.95. The van der Waals surface area contributed by atoms with Crippen molar-refractivity contribution in [2.24, 2.45) is 0 Å². The highest BCUT2D eigenvalue weighted by molar-refractivity contribution is 7.09. The summed E-state index contributed by atoms with van der Waals surface area (Å²) in [5.41, 5.74) is 1.04. The molecule has 1 heterocycles. The van der Waals surface area contributed by atoms with Crippen LogP contribution < -0.4 is 10.1 Å². The average Bonchev–Trinajstić information content (AvgIpc) is 2.86. The fraction of sp³-hybridized carbons (Fsp3) is 0.286. The Hall–Kier alpha value is -1.03. The predicted octanol–water partition coefficient (Wildman–Crippen LogP) is 3.88. The zero-order valence-electron chi connectivity index (χ0n) is 10.3.